The third-order valence-electron chi connectivity index (χ3n) is 20.8. The van der Waals surface area contributed by atoms with Crippen LogP contribution in [0, 0.1) is 19.8 Å². The van der Waals surface area contributed by atoms with Gasteiger partial charge in [-0.1, -0.05) is 76.9 Å². The monoisotopic (exact) mass is 1890 g/mol. The molecule has 6 rings (SSSR count). The number of nitrogens with zero attached hydrogens (tertiary/aromatic N) is 6. The highest BCUT2D eigenvalue weighted by Gasteiger charge is 2.40. The van der Waals surface area contributed by atoms with E-state index in [1.54, 1.807) is 144 Å². The van der Waals surface area contributed by atoms with Gasteiger partial charge in [-0.15, -0.1) is 0 Å². The molecule has 5 aromatic rings. The second-order valence-corrected chi connectivity index (χ2v) is 37.8. The average molecular weight is 1900 g/mol. The smallest absolute Gasteiger partial charge is 0.407 e. The second kappa shape index (κ2) is 49.8. The van der Waals surface area contributed by atoms with Crippen molar-refractivity contribution >= 4 is 133 Å². The van der Waals surface area contributed by atoms with Crippen molar-refractivity contribution in [3.8, 4) is 0 Å². The number of carbonyl (C=O) groups is 15. The molecule has 13 atom stereocenters. The highest BCUT2D eigenvalue weighted by Crippen LogP contribution is 2.32. The second-order valence-electron chi connectivity index (χ2n) is 36.3. The molecule has 1 aliphatic rings. The number of anilines is 4. The lowest BCUT2D eigenvalue weighted by Crippen LogP contribution is -2.62. The van der Waals surface area contributed by atoms with E-state index in [4.69, 9.17) is 30.1 Å². The number of benzene rings is 3. The van der Waals surface area contributed by atoms with Crippen molar-refractivity contribution in [3.63, 3.8) is 0 Å². The Kier molecular flexibility index (Phi) is 40.9. The summed E-state index contributed by atoms with van der Waals surface area (Å²) in [5.41, 5.74) is 6.38. The fraction of sp³-hybridized carbons (Fsp3) is 0.573. The third kappa shape index (κ3) is 35.0. The maximum atomic E-state index is 15.1. The summed E-state index contributed by atoms with van der Waals surface area (Å²) in [6.45, 7) is 25.0. The Morgan fingerprint density at radius 1 is 0.597 bits per heavy atom. The minimum atomic E-state index is -4.44. The highest BCUT2D eigenvalue weighted by atomic mass is 32.2. The molecule has 2 aromatic heterocycles. The molecule has 0 aliphatic carbocycles. The minimum Gasteiger partial charge on any atom is -0.444 e. The van der Waals surface area contributed by atoms with E-state index in [-0.39, 0.29) is 91.9 Å². The molecule has 0 radical (unpaired) electrons. The van der Waals surface area contributed by atoms with E-state index in [1.165, 1.54) is 31.3 Å². The molecular formula is C89H134N22O22S. The number of sulfonamides is 1. The van der Waals surface area contributed by atoms with Crippen molar-refractivity contribution in [2.24, 2.45) is 23.8 Å². The van der Waals surface area contributed by atoms with Gasteiger partial charge in [0.2, 0.25) is 86.9 Å². The summed E-state index contributed by atoms with van der Waals surface area (Å²) in [5, 5.41) is 69.5. The highest BCUT2D eigenvalue weighted by molar-refractivity contribution is 7.89. The molecule has 134 heavy (non-hydrogen) atoms. The van der Waals surface area contributed by atoms with Gasteiger partial charge in [-0.2, -0.15) is 10.1 Å². The number of alkyl carbamates (subject to hydrolysis) is 3. The first kappa shape index (κ1) is 110. The van der Waals surface area contributed by atoms with Gasteiger partial charge in [0, 0.05) is 69.7 Å². The number of ether oxygens (including phenoxy) is 3. The van der Waals surface area contributed by atoms with E-state index < -0.39 is 233 Å². The van der Waals surface area contributed by atoms with Crippen LogP contribution in [0.3, 0.4) is 0 Å². The first-order chi connectivity index (χ1) is 62.6. The van der Waals surface area contributed by atoms with Crippen LogP contribution in [-0.2, 0) is 95.2 Å². The number of primary sulfonamides is 1. The van der Waals surface area contributed by atoms with E-state index in [0.717, 1.165) is 35.9 Å². The number of aliphatic hydroxyl groups is 2. The van der Waals surface area contributed by atoms with Crippen molar-refractivity contribution in [1.82, 2.24) is 94.2 Å². The molecule has 0 saturated carbocycles. The molecule has 15 amide bonds. The molecule has 1 fully saturated rings. The molecule has 20 N–H and O–H groups in total. The zero-order valence-electron chi connectivity index (χ0n) is 79.5. The quantitative estimate of drug-likeness (QED) is 0.0260. The van der Waals surface area contributed by atoms with Gasteiger partial charge < -0.3 is 109 Å². The van der Waals surface area contributed by atoms with Gasteiger partial charge in [0.05, 0.1) is 40.8 Å². The number of nitrogens with two attached hydrogens (primary N) is 2. The van der Waals surface area contributed by atoms with Gasteiger partial charge in [0.25, 0.3) is 0 Å². The number of fused-ring (bicyclic) bond motifs is 1. The van der Waals surface area contributed by atoms with Gasteiger partial charge in [0.1, 0.15) is 83.0 Å². The van der Waals surface area contributed by atoms with Crippen LogP contribution < -0.4 is 95.1 Å². The average Bonchev–Trinajstić information content (AvgIpc) is 1.40. The van der Waals surface area contributed by atoms with Crippen LogP contribution >= 0.6 is 0 Å². The Labute approximate surface area is 779 Å². The van der Waals surface area contributed by atoms with Gasteiger partial charge in [-0.25, -0.2) is 37.8 Å². The fourth-order valence-electron chi connectivity index (χ4n) is 13.9. The van der Waals surface area contributed by atoms with Crippen molar-refractivity contribution in [1.29, 1.82) is 0 Å². The van der Waals surface area contributed by atoms with Crippen molar-refractivity contribution in [3.05, 3.63) is 95.8 Å². The topological polar surface area (TPSA) is 629 Å². The van der Waals surface area contributed by atoms with Crippen LogP contribution in [0.1, 0.15) is 185 Å². The normalized spacial score (nSPS) is 19.1. The summed E-state index contributed by atoms with van der Waals surface area (Å²) in [4.78, 5) is 228. The van der Waals surface area contributed by atoms with Gasteiger partial charge in [0.15, 0.2) is 0 Å². The number of rotatable bonds is 34. The molecule has 0 bridgehead atoms. The molecular weight excluding hydrogens is 1760 g/mol. The Balaban J connectivity index is 1.35. The fourth-order valence-corrected chi connectivity index (χ4v) is 14.7. The first-order valence-corrected chi connectivity index (χ1v) is 46.0. The van der Waals surface area contributed by atoms with Crippen molar-refractivity contribution < 1.29 is 105 Å². The number of hydrogen-bond acceptors (Lipinski definition) is 27. The Hall–Kier alpha value is -12.8. The van der Waals surface area contributed by atoms with Crippen molar-refractivity contribution in [2.75, 3.05) is 43.0 Å². The predicted octanol–water partition coefficient (Wildman–Crippen LogP) is 1.54. The lowest BCUT2D eigenvalue weighted by atomic mass is 10.00. The third-order valence-corrected chi connectivity index (χ3v) is 21.8. The predicted molar refractivity (Wildman–Crippen MR) is 494 cm³/mol. The minimum absolute atomic E-state index is 0.0826. The van der Waals surface area contributed by atoms with E-state index >= 15 is 9.59 Å². The van der Waals surface area contributed by atoms with Crippen LogP contribution in [0.2, 0.25) is 0 Å². The number of aromatic nitrogens is 4. The standard InChI is InChI=1S/C89H134N22O22S/c1-20-25-58-74(117)104-66(44-53-27-23-22-24-28-53)80(123)103-65(43-48(3)4)79(122)101-61(34-39-94-84(126)131-87(9,10)11)76(119)100-63(36-41-96-86(128)133-89(15,16)17)78(121)106-70(51(7)112)81(124)92-38-33-60(75(118)98-58)99-73(116)59(26-21-2)102-82(125)71(52(8)113)107-77(120)62(35-40-95-85(127)132-88(12,13)14)97-72(115)57(90)47-69(114)111(55-30-29-49(5)67(46-55)134(91,129)130)83-93-42-37-68(105-83)109(18)54-31-32-56-50(6)110(19)108-64(56)45-54/h22-24,27-32,37,42,45-46,48,51-52,57-63,65-66,70-71,112-113H,20-21,25-26,33-36,38-41,43-44,47,90H2,1-19H3,(H,92,124)(H,94,126)(H,95,127)(H,96,128)(H,97,115)(H,98,118)(H,99,116)(H,100,119)(H,101,122)(H,102,125)(H,103,123)(H,104,117)(H,106,121)(H,107,120)(H2,91,129,130)/t51-,52-,57+,58+,59+,60+,61+,62-,63+,65+,66-,70+,71+/m1/s1. The van der Waals surface area contributed by atoms with E-state index in [1.807, 2.05) is 25.1 Å². The molecule has 3 heterocycles. The van der Waals surface area contributed by atoms with E-state index in [9.17, 15) is 81.0 Å². The molecule has 44 nitrogen and oxygen atoms in total. The zero-order chi connectivity index (χ0) is 100. The summed E-state index contributed by atoms with van der Waals surface area (Å²) in [7, 11) is -0.951. The Morgan fingerprint density at radius 2 is 1.11 bits per heavy atom. The summed E-state index contributed by atoms with van der Waals surface area (Å²) in [6, 6.07) is 0.421. The van der Waals surface area contributed by atoms with Gasteiger partial charge in [-0.3, -0.25) is 62.2 Å². The van der Waals surface area contributed by atoms with Crippen LogP contribution in [0.5, 0.6) is 0 Å². The summed E-state index contributed by atoms with van der Waals surface area (Å²) in [5.74, 6) is -13.3. The summed E-state index contributed by atoms with van der Waals surface area (Å²) >= 11 is 0. The number of nitrogens with one attached hydrogen (secondary N) is 14. The number of aliphatic hydroxyl groups excluding tert-OH is 2. The van der Waals surface area contributed by atoms with Gasteiger partial charge >= 0.3 is 18.3 Å². The number of aryl methyl sites for hydroxylation is 3. The zero-order valence-corrected chi connectivity index (χ0v) is 80.3. The SMILES string of the molecule is CCC[C@@H]1NC(=O)[C@@H](NC(=O)[C@H](CCC)NC(=O)[C@@H](NC(=O)[C@@H](CCNC(=O)OC(C)(C)C)NC(=O)[C@@H](N)CC(=O)N(c2ccc(C)c(S(N)(=O)=O)c2)c2nccc(N(C)c3ccc4c(C)n(C)nc4c3)n2)[C@@H](C)O)CCNC(=O)[C@H]([C@@H](C)O)NC(=O)[C@H](CCNC(=O)OC(C)(C)C)NC(=O)[C@H](CCNC(=O)OC(C)(C)C)NC(=O)[C@H](CC(C)C)NC(=O)[C@@H](Cc2ccccc2)NC1=O. The Bertz CT molecular complexity index is 5090. The number of hydrogen-bond donors (Lipinski definition) is 18. The Morgan fingerprint density at radius 3 is 1.66 bits per heavy atom. The summed E-state index contributed by atoms with van der Waals surface area (Å²) in [6.07, 6.45) is -8.16. The molecule has 1 saturated heterocycles. The largest absolute Gasteiger partial charge is 0.444 e. The van der Waals surface area contributed by atoms with E-state index in [2.05, 4.69) is 84.5 Å². The molecule has 0 unspecified atom stereocenters. The van der Waals surface area contributed by atoms with Crippen LogP contribution in [0.15, 0.2) is 83.9 Å². The molecule has 738 valence electrons. The summed E-state index contributed by atoms with van der Waals surface area (Å²) < 4.78 is 43.8. The van der Waals surface area contributed by atoms with Crippen LogP contribution in [0.25, 0.3) is 10.9 Å². The number of amides is 15. The van der Waals surface area contributed by atoms with Crippen LogP contribution in [0.4, 0.5) is 37.5 Å². The molecule has 1 aliphatic heterocycles. The lowest BCUT2D eigenvalue weighted by Gasteiger charge is -2.29. The van der Waals surface area contributed by atoms with Crippen molar-refractivity contribution in [2.45, 2.75) is 289 Å². The molecule has 3 aromatic carbocycles. The molecule has 45 heteroatoms. The number of carbonyl (C=O) groups excluding carboxylic acids is 15. The molecule has 0 spiro atoms. The van der Waals surface area contributed by atoms with Gasteiger partial charge in [-0.05, 0) is 188 Å². The van der Waals surface area contributed by atoms with E-state index in [0.29, 0.717) is 16.8 Å². The maximum Gasteiger partial charge on any atom is 0.407 e. The lowest BCUT2D eigenvalue weighted by molar-refractivity contribution is -0.137. The van der Waals surface area contributed by atoms with Crippen LogP contribution in [-0.4, -0.2) is 256 Å². The first-order valence-electron chi connectivity index (χ1n) is 44.4. The maximum absolute atomic E-state index is 15.1.